The van der Waals surface area contributed by atoms with Crippen molar-refractivity contribution < 1.29 is 9.53 Å². The van der Waals surface area contributed by atoms with Crippen molar-refractivity contribution in [1.82, 2.24) is 4.98 Å². The van der Waals surface area contributed by atoms with Crippen LogP contribution in [0.5, 0.6) is 0 Å². The third kappa shape index (κ3) is 4.30. The van der Waals surface area contributed by atoms with Gasteiger partial charge in [-0.3, -0.25) is 0 Å². The molecular weight excluding hydrogens is 274 g/mol. The van der Waals surface area contributed by atoms with Gasteiger partial charge in [0, 0.05) is 13.1 Å². The number of carbonyl (C=O) groups excluding carboxylic acids is 1. The van der Waals surface area contributed by atoms with E-state index in [1.807, 2.05) is 18.8 Å². The van der Waals surface area contributed by atoms with Gasteiger partial charge in [0.15, 0.2) is 0 Å². The number of anilines is 2. The summed E-state index contributed by atoms with van der Waals surface area (Å²) in [5, 5.41) is 0. The topological polar surface area (TPSA) is 68.5 Å². The summed E-state index contributed by atoms with van der Waals surface area (Å²) >= 11 is 1.82. The zero-order valence-corrected chi connectivity index (χ0v) is 13.4. The van der Waals surface area contributed by atoms with Gasteiger partial charge in [-0.2, -0.15) is 11.8 Å². The van der Waals surface area contributed by atoms with Crippen LogP contribution in [0.15, 0.2) is 12.3 Å². The summed E-state index contributed by atoms with van der Waals surface area (Å²) in [6.07, 6.45) is 4.66. The molecule has 0 radical (unpaired) electrons. The molecule has 1 atom stereocenters. The highest BCUT2D eigenvalue weighted by molar-refractivity contribution is 7.98. The van der Waals surface area contributed by atoms with Gasteiger partial charge in [-0.15, -0.1) is 0 Å². The van der Waals surface area contributed by atoms with Crippen LogP contribution in [0.3, 0.4) is 0 Å². The molecule has 2 N–H and O–H groups in total. The lowest BCUT2D eigenvalue weighted by atomic mass is 10.2. The number of nitrogen functional groups attached to an aromatic ring is 1. The fourth-order valence-electron chi connectivity index (χ4n) is 1.74. The Hall–Kier alpha value is -1.43. The molecular formula is C14H23N3O2S. The van der Waals surface area contributed by atoms with Crippen LogP contribution in [0, 0.1) is 0 Å². The Morgan fingerprint density at radius 3 is 2.90 bits per heavy atom. The van der Waals surface area contributed by atoms with Crippen LogP contribution in [-0.4, -0.2) is 42.7 Å². The predicted octanol–water partition coefficient (Wildman–Crippen LogP) is 2.42. The Morgan fingerprint density at radius 2 is 2.30 bits per heavy atom. The Kier molecular flexibility index (Phi) is 6.64. The van der Waals surface area contributed by atoms with Crippen LogP contribution < -0.4 is 10.6 Å². The number of hydrogen-bond acceptors (Lipinski definition) is 6. The molecule has 6 heteroatoms. The van der Waals surface area contributed by atoms with E-state index in [2.05, 4.69) is 23.1 Å². The Bertz CT molecular complexity index is 454. The number of thioether (sulfide) groups is 1. The smallest absolute Gasteiger partial charge is 0.340 e. The van der Waals surface area contributed by atoms with E-state index >= 15 is 0 Å². The number of aromatic nitrogens is 1. The van der Waals surface area contributed by atoms with Gasteiger partial charge in [-0.05, 0) is 38.3 Å². The van der Waals surface area contributed by atoms with Gasteiger partial charge < -0.3 is 15.4 Å². The van der Waals surface area contributed by atoms with Crippen molar-refractivity contribution in [2.45, 2.75) is 26.3 Å². The van der Waals surface area contributed by atoms with Crippen molar-refractivity contribution in [1.29, 1.82) is 0 Å². The lowest BCUT2D eigenvalue weighted by Gasteiger charge is -2.26. The van der Waals surface area contributed by atoms with Gasteiger partial charge >= 0.3 is 5.97 Å². The van der Waals surface area contributed by atoms with Crippen molar-refractivity contribution in [3.05, 3.63) is 17.8 Å². The normalized spacial score (nSPS) is 12.0. The first-order valence-corrected chi connectivity index (χ1v) is 8.05. The third-order valence-electron chi connectivity index (χ3n) is 3.18. The summed E-state index contributed by atoms with van der Waals surface area (Å²) in [6.45, 7) is 4.24. The van der Waals surface area contributed by atoms with E-state index in [1.54, 1.807) is 13.0 Å². The Labute approximate surface area is 124 Å². The molecule has 0 aliphatic heterocycles. The minimum absolute atomic E-state index is 0.329. The second kappa shape index (κ2) is 7.99. The predicted molar refractivity (Wildman–Crippen MR) is 85.5 cm³/mol. The highest BCUT2D eigenvalue weighted by Gasteiger charge is 2.16. The zero-order valence-electron chi connectivity index (χ0n) is 12.5. The minimum Gasteiger partial charge on any atom is -0.462 e. The van der Waals surface area contributed by atoms with E-state index in [0.29, 0.717) is 23.9 Å². The second-order valence-corrected chi connectivity index (χ2v) is 5.58. The van der Waals surface area contributed by atoms with Crippen molar-refractivity contribution >= 4 is 29.2 Å². The fraction of sp³-hybridized carbons (Fsp3) is 0.571. The van der Waals surface area contributed by atoms with E-state index in [0.717, 1.165) is 18.0 Å². The molecule has 0 amide bonds. The summed E-state index contributed by atoms with van der Waals surface area (Å²) in [6, 6.07) is 2.04. The van der Waals surface area contributed by atoms with Crippen LogP contribution in [0.2, 0.25) is 0 Å². The lowest BCUT2D eigenvalue weighted by Crippen LogP contribution is -2.30. The van der Waals surface area contributed by atoms with E-state index in [4.69, 9.17) is 10.5 Å². The maximum atomic E-state index is 11.8. The molecule has 1 aromatic heterocycles. The summed E-state index contributed by atoms with van der Waals surface area (Å²) in [5.41, 5.74) is 6.51. The van der Waals surface area contributed by atoms with Crippen molar-refractivity contribution in [3.8, 4) is 0 Å². The van der Waals surface area contributed by atoms with E-state index in [-0.39, 0.29) is 0 Å². The SMILES string of the molecule is CCOC(=O)c1cc(N(C)C(C)CCSC)ncc1N. The molecule has 0 saturated heterocycles. The van der Waals surface area contributed by atoms with Crippen LogP contribution >= 0.6 is 11.8 Å². The van der Waals surface area contributed by atoms with Gasteiger partial charge in [0.2, 0.25) is 0 Å². The van der Waals surface area contributed by atoms with Crippen molar-refractivity contribution in [2.24, 2.45) is 0 Å². The quantitative estimate of drug-likeness (QED) is 0.780. The fourth-order valence-corrected chi connectivity index (χ4v) is 2.32. The van der Waals surface area contributed by atoms with Crippen molar-refractivity contribution in [3.63, 3.8) is 0 Å². The summed E-state index contributed by atoms with van der Waals surface area (Å²) in [4.78, 5) is 18.2. The maximum absolute atomic E-state index is 11.8. The lowest BCUT2D eigenvalue weighted by molar-refractivity contribution is 0.0527. The largest absolute Gasteiger partial charge is 0.462 e. The summed E-state index contributed by atoms with van der Waals surface area (Å²) in [7, 11) is 1.97. The Balaban J connectivity index is 2.91. The van der Waals surface area contributed by atoms with Crippen LogP contribution in [-0.2, 0) is 4.74 Å². The monoisotopic (exact) mass is 297 g/mol. The number of carbonyl (C=O) groups is 1. The molecule has 5 nitrogen and oxygen atoms in total. The number of pyridine rings is 1. The number of nitrogens with zero attached hydrogens (tertiary/aromatic N) is 2. The first-order valence-electron chi connectivity index (χ1n) is 6.65. The van der Waals surface area contributed by atoms with Gasteiger partial charge in [0.05, 0.1) is 24.1 Å². The molecule has 0 saturated carbocycles. The minimum atomic E-state index is -0.404. The average Bonchev–Trinajstić information content (AvgIpc) is 2.44. The number of esters is 1. The molecule has 1 heterocycles. The molecule has 1 unspecified atom stereocenters. The van der Waals surface area contributed by atoms with Crippen LogP contribution in [0.1, 0.15) is 30.6 Å². The highest BCUT2D eigenvalue weighted by Crippen LogP contribution is 2.21. The van der Waals surface area contributed by atoms with Gasteiger partial charge in [-0.25, -0.2) is 9.78 Å². The van der Waals surface area contributed by atoms with Crippen LogP contribution in [0.25, 0.3) is 0 Å². The van der Waals surface area contributed by atoms with Gasteiger partial charge in [-0.1, -0.05) is 0 Å². The summed E-state index contributed by atoms with van der Waals surface area (Å²) < 4.78 is 5.00. The van der Waals surface area contributed by atoms with Gasteiger partial charge in [0.1, 0.15) is 5.82 Å². The molecule has 0 fully saturated rings. The maximum Gasteiger partial charge on any atom is 0.340 e. The molecule has 1 rings (SSSR count). The van der Waals surface area contributed by atoms with E-state index in [9.17, 15) is 4.79 Å². The zero-order chi connectivity index (χ0) is 15.1. The Morgan fingerprint density at radius 1 is 1.60 bits per heavy atom. The molecule has 20 heavy (non-hydrogen) atoms. The number of nitrogens with two attached hydrogens (primary N) is 1. The molecule has 112 valence electrons. The van der Waals surface area contributed by atoms with Crippen LogP contribution in [0.4, 0.5) is 11.5 Å². The molecule has 0 spiro atoms. The highest BCUT2D eigenvalue weighted by atomic mass is 32.2. The summed E-state index contributed by atoms with van der Waals surface area (Å²) in [5.74, 6) is 1.42. The number of hydrogen-bond donors (Lipinski definition) is 1. The standard InChI is InChI=1S/C14H23N3O2S/c1-5-19-14(18)11-8-13(16-9-12(11)15)17(3)10(2)6-7-20-4/h8-10H,5-7,15H2,1-4H3. The first-order chi connectivity index (χ1) is 9.51. The third-order valence-corrected chi connectivity index (χ3v) is 3.82. The molecule has 0 aliphatic rings. The van der Waals surface area contributed by atoms with Crippen molar-refractivity contribution in [2.75, 3.05) is 36.3 Å². The average molecular weight is 297 g/mol. The molecule has 0 aliphatic carbocycles. The van der Waals surface area contributed by atoms with E-state index < -0.39 is 5.97 Å². The number of rotatable bonds is 7. The molecule has 0 aromatic carbocycles. The molecule has 1 aromatic rings. The second-order valence-electron chi connectivity index (χ2n) is 4.59. The first kappa shape index (κ1) is 16.6. The van der Waals surface area contributed by atoms with Gasteiger partial charge in [0.25, 0.3) is 0 Å². The van der Waals surface area contributed by atoms with E-state index in [1.165, 1.54) is 6.20 Å². The number of ether oxygens (including phenoxy) is 1. The molecule has 0 bridgehead atoms.